The minimum absolute atomic E-state index is 0.0744. The van der Waals surface area contributed by atoms with Crippen molar-refractivity contribution < 1.29 is 23.6 Å². The molecule has 1 fully saturated rings. The number of ether oxygens (including phenoxy) is 2. The van der Waals surface area contributed by atoms with Gasteiger partial charge in [0.2, 0.25) is 0 Å². The number of nitrogens with one attached hydrogen (secondary N) is 1. The Kier molecular flexibility index (Phi) is 6.05. The predicted octanol–water partition coefficient (Wildman–Crippen LogP) is 2.51. The smallest absolute Gasteiger partial charge is 0.270 e. The monoisotopic (exact) mass is 389 g/mol. The second kappa shape index (κ2) is 8.66. The number of benzene rings is 2. The molecule has 8 nitrogen and oxygen atoms in total. The molecule has 9 heteroatoms. The summed E-state index contributed by atoms with van der Waals surface area (Å²) in [6.45, 7) is 2.28. The van der Waals surface area contributed by atoms with Crippen molar-refractivity contribution in [2.45, 2.75) is 6.54 Å². The molecule has 1 aliphatic rings. The Balaban J connectivity index is 1.81. The maximum Gasteiger partial charge on any atom is 0.270 e. The molecule has 1 amide bonds. The lowest BCUT2D eigenvalue weighted by molar-refractivity contribution is -0.384. The normalized spacial score (nSPS) is 13.9. The van der Waals surface area contributed by atoms with Gasteiger partial charge in [-0.15, -0.1) is 0 Å². The lowest BCUT2D eigenvalue weighted by Crippen LogP contribution is -2.38. The number of amides is 1. The number of nitro benzene ring substituents is 1. The van der Waals surface area contributed by atoms with E-state index in [9.17, 15) is 19.3 Å². The van der Waals surface area contributed by atoms with Crippen LogP contribution in [0.3, 0.4) is 0 Å². The molecule has 1 aliphatic heterocycles. The van der Waals surface area contributed by atoms with E-state index < -0.39 is 16.6 Å². The second-order valence-electron chi connectivity index (χ2n) is 6.21. The zero-order valence-corrected chi connectivity index (χ0v) is 15.3. The van der Waals surface area contributed by atoms with E-state index in [2.05, 4.69) is 5.32 Å². The third-order valence-electron chi connectivity index (χ3n) is 4.46. The maximum atomic E-state index is 13.8. The summed E-state index contributed by atoms with van der Waals surface area (Å²) in [7, 11) is 1.37. The van der Waals surface area contributed by atoms with E-state index in [4.69, 9.17) is 9.47 Å². The van der Waals surface area contributed by atoms with Crippen molar-refractivity contribution in [3.63, 3.8) is 0 Å². The molecule has 28 heavy (non-hydrogen) atoms. The van der Waals surface area contributed by atoms with E-state index in [1.54, 1.807) is 12.1 Å². The Labute approximate surface area is 161 Å². The first-order valence-corrected chi connectivity index (χ1v) is 8.71. The van der Waals surface area contributed by atoms with Crippen molar-refractivity contribution in [1.82, 2.24) is 5.32 Å². The summed E-state index contributed by atoms with van der Waals surface area (Å²) < 4.78 is 24.0. The van der Waals surface area contributed by atoms with Crippen LogP contribution < -0.4 is 15.0 Å². The number of non-ortho nitro benzene ring substituents is 1. The molecule has 0 unspecified atom stereocenters. The van der Waals surface area contributed by atoms with Gasteiger partial charge in [-0.3, -0.25) is 14.9 Å². The molecule has 1 heterocycles. The van der Waals surface area contributed by atoms with E-state index in [0.717, 1.165) is 0 Å². The molecule has 2 aromatic carbocycles. The van der Waals surface area contributed by atoms with Gasteiger partial charge in [-0.25, -0.2) is 4.39 Å². The number of anilines is 1. The number of hydrogen-bond donors (Lipinski definition) is 1. The quantitative estimate of drug-likeness (QED) is 0.603. The average molecular weight is 389 g/mol. The molecule has 0 atom stereocenters. The van der Waals surface area contributed by atoms with Gasteiger partial charge in [-0.05, 0) is 23.8 Å². The standard InChI is InChI=1S/C19H20FN3O5/c1-27-18-5-2-13(10-16(18)20)12-21-19(24)15-11-14(23(25)26)3-4-17(15)22-6-8-28-9-7-22/h2-5,10-11H,6-9,12H2,1H3,(H,21,24). The van der Waals surface area contributed by atoms with Crippen molar-refractivity contribution in [1.29, 1.82) is 0 Å². The van der Waals surface area contributed by atoms with Crippen molar-refractivity contribution in [3.8, 4) is 5.75 Å². The van der Waals surface area contributed by atoms with E-state index in [-0.39, 0.29) is 23.5 Å². The zero-order valence-electron chi connectivity index (χ0n) is 15.3. The number of carbonyl (C=O) groups is 1. The van der Waals surface area contributed by atoms with Crippen LogP contribution in [0.25, 0.3) is 0 Å². The molecule has 0 aliphatic carbocycles. The number of halogens is 1. The van der Waals surface area contributed by atoms with Gasteiger partial charge in [0.05, 0.1) is 36.5 Å². The summed E-state index contributed by atoms with van der Waals surface area (Å²) in [6.07, 6.45) is 0. The number of hydrogen-bond acceptors (Lipinski definition) is 6. The molecule has 0 saturated carbocycles. The molecule has 3 rings (SSSR count). The molecule has 2 aromatic rings. The molecular formula is C19H20FN3O5. The van der Waals surface area contributed by atoms with Crippen LogP contribution in [0.5, 0.6) is 5.75 Å². The SMILES string of the molecule is COc1ccc(CNC(=O)c2cc([N+](=O)[O-])ccc2N2CCOCC2)cc1F. The highest BCUT2D eigenvalue weighted by Gasteiger charge is 2.22. The van der Waals surface area contributed by atoms with Crippen molar-refractivity contribution in [2.24, 2.45) is 0 Å². The van der Waals surface area contributed by atoms with Gasteiger partial charge in [0.15, 0.2) is 11.6 Å². The topological polar surface area (TPSA) is 93.9 Å². The lowest BCUT2D eigenvalue weighted by Gasteiger charge is -2.30. The largest absolute Gasteiger partial charge is 0.494 e. The maximum absolute atomic E-state index is 13.8. The molecule has 1 saturated heterocycles. The van der Waals surface area contributed by atoms with Gasteiger partial charge in [0.1, 0.15) is 0 Å². The zero-order chi connectivity index (χ0) is 20.1. The Morgan fingerprint density at radius 2 is 2.04 bits per heavy atom. The van der Waals surface area contributed by atoms with Gasteiger partial charge in [0.25, 0.3) is 11.6 Å². The van der Waals surface area contributed by atoms with Crippen LogP contribution in [-0.2, 0) is 11.3 Å². The average Bonchev–Trinajstić information content (AvgIpc) is 2.72. The molecule has 0 spiro atoms. The van der Waals surface area contributed by atoms with Crippen LogP contribution in [0.4, 0.5) is 15.8 Å². The minimum atomic E-state index is -0.543. The summed E-state index contributed by atoms with van der Waals surface area (Å²) in [6, 6.07) is 8.60. The highest BCUT2D eigenvalue weighted by molar-refractivity contribution is 6.00. The van der Waals surface area contributed by atoms with Crippen LogP contribution in [0.1, 0.15) is 15.9 Å². The fourth-order valence-electron chi connectivity index (χ4n) is 3.00. The van der Waals surface area contributed by atoms with Crippen LogP contribution in [-0.4, -0.2) is 44.2 Å². The van der Waals surface area contributed by atoms with E-state index >= 15 is 0 Å². The summed E-state index contributed by atoms with van der Waals surface area (Å²) >= 11 is 0. The van der Waals surface area contributed by atoms with Crippen LogP contribution in [0, 0.1) is 15.9 Å². The molecule has 0 bridgehead atoms. The van der Waals surface area contributed by atoms with Gasteiger partial charge in [-0.1, -0.05) is 6.07 Å². The number of nitrogens with zero attached hydrogens (tertiary/aromatic N) is 2. The first-order chi connectivity index (χ1) is 13.5. The van der Waals surface area contributed by atoms with E-state index in [1.165, 1.54) is 31.4 Å². The van der Waals surface area contributed by atoms with Crippen LogP contribution in [0.2, 0.25) is 0 Å². The Hall–Kier alpha value is -3.20. The van der Waals surface area contributed by atoms with Crippen LogP contribution >= 0.6 is 0 Å². The number of carbonyl (C=O) groups excluding carboxylic acids is 1. The van der Waals surface area contributed by atoms with Crippen molar-refractivity contribution >= 4 is 17.3 Å². The van der Waals surface area contributed by atoms with Gasteiger partial charge < -0.3 is 19.7 Å². The van der Waals surface area contributed by atoms with Gasteiger partial charge in [0, 0.05) is 31.8 Å². The summed E-state index contributed by atoms with van der Waals surface area (Å²) in [5.41, 5.74) is 1.18. The van der Waals surface area contributed by atoms with E-state index in [0.29, 0.717) is 37.6 Å². The lowest BCUT2D eigenvalue weighted by atomic mass is 10.1. The molecule has 0 aromatic heterocycles. The minimum Gasteiger partial charge on any atom is -0.494 e. The fourth-order valence-corrected chi connectivity index (χ4v) is 3.00. The Bertz CT molecular complexity index is 884. The van der Waals surface area contributed by atoms with Gasteiger partial charge >= 0.3 is 0 Å². The third-order valence-corrected chi connectivity index (χ3v) is 4.46. The number of methoxy groups -OCH3 is 1. The summed E-state index contributed by atoms with van der Waals surface area (Å²) in [5.74, 6) is -0.886. The Morgan fingerprint density at radius 3 is 2.68 bits per heavy atom. The molecular weight excluding hydrogens is 369 g/mol. The highest BCUT2D eigenvalue weighted by Crippen LogP contribution is 2.26. The first kappa shape index (κ1) is 19.6. The Morgan fingerprint density at radius 1 is 1.29 bits per heavy atom. The molecule has 1 N–H and O–H groups in total. The predicted molar refractivity (Wildman–Crippen MR) is 100 cm³/mol. The van der Waals surface area contributed by atoms with Crippen molar-refractivity contribution in [2.75, 3.05) is 38.3 Å². The number of rotatable bonds is 6. The molecule has 0 radical (unpaired) electrons. The highest BCUT2D eigenvalue weighted by atomic mass is 19.1. The van der Waals surface area contributed by atoms with Crippen LogP contribution in [0.15, 0.2) is 36.4 Å². The first-order valence-electron chi connectivity index (χ1n) is 8.71. The fraction of sp³-hybridized carbons (Fsp3) is 0.316. The number of nitro groups is 1. The summed E-state index contributed by atoms with van der Waals surface area (Å²) in [5, 5.41) is 13.8. The van der Waals surface area contributed by atoms with E-state index in [1.807, 2.05) is 4.90 Å². The number of morpholine rings is 1. The third kappa shape index (κ3) is 4.37. The van der Waals surface area contributed by atoms with Crippen molar-refractivity contribution in [3.05, 3.63) is 63.5 Å². The molecule has 148 valence electrons. The second-order valence-corrected chi connectivity index (χ2v) is 6.21. The van der Waals surface area contributed by atoms with Gasteiger partial charge in [-0.2, -0.15) is 0 Å². The summed E-state index contributed by atoms with van der Waals surface area (Å²) in [4.78, 5) is 25.3.